The molecule has 96 valence electrons. The maximum atomic E-state index is 11.8. The molecular formula is C14H14N4O. The monoisotopic (exact) mass is 254 g/mol. The van der Waals surface area contributed by atoms with Crippen molar-refractivity contribution in [2.45, 2.75) is 38.1 Å². The molecule has 0 aromatic carbocycles. The van der Waals surface area contributed by atoms with E-state index in [1.165, 1.54) is 12.8 Å². The average Bonchev–Trinajstić information content (AvgIpc) is 3.16. The lowest BCUT2D eigenvalue weighted by atomic mass is 9.96. The highest BCUT2D eigenvalue weighted by atomic mass is 16.1. The van der Waals surface area contributed by atoms with E-state index < -0.39 is 0 Å². The van der Waals surface area contributed by atoms with Crippen LogP contribution in [-0.2, 0) is 6.42 Å². The smallest absolute Gasteiger partial charge is 0.178 e. The number of hydrogen-bond acceptors (Lipinski definition) is 4. The van der Waals surface area contributed by atoms with E-state index in [0.717, 1.165) is 24.2 Å². The highest BCUT2D eigenvalue weighted by Gasteiger charge is 2.27. The van der Waals surface area contributed by atoms with Crippen molar-refractivity contribution in [3.8, 4) is 11.5 Å². The van der Waals surface area contributed by atoms with Crippen LogP contribution >= 0.6 is 0 Å². The van der Waals surface area contributed by atoms with Crippen molar-refractivity contribution in [2.24, 2.45) is 0 Å². The van der Waals surface area contributed by atoms with Gasteiger partial charge in [0.05, 0.1) is 23.8 Å². The second kappa shape index (κ2) is 3.98. The number of aromatic nitrogens is 4. The summed E-state index contributed by atoms with van der Waals surface area (Å²) in [6, 6.07) is 0.554. The Morgan fingerprint density at radius 1 is 1.21 bits per heavy atom. The van der Waals surface area contributed by atoms with Crippen LogP contribution in [-0.4, -0.2) is 25.3 Å². The van der Waals surface area contributed by atoms with Gasteiger partial charge in [0, 0.05) is 18.7 Å². The summed E-state index contributed by atoms with van der Waals surface area (Å²) in [7, 11) is 0. The SMILES string of the molecule is O=C1CCCc2nc(-c3cncn3C3CC3)ncc21. The van der Waals surface area contributed by atoms with Gasteiger partial charge in [-0.1, -0.05) is 0 Å². The highest BCUT2D eigenvalue weighted by Crippen LogP contribution is 2.37. The third-order valence-corrected chi connectivity index (χ3v) is 3.82. The van der Waals surface area contributed by atoms with E-state index in [9.17, 15) is 4.79 Å². The summed E-state index contributed by atoms with van der Waals surface area (Å²) in [5.41, 5.74) is 2.56. The summed E-state index contributed by atoms with van der Waals surface area (Å²) in [6.45, 7) is 0. The number of hydrogen-bond donors (Lipinski definition) is 0. The molecule has 0 amide bonds. The number of carbonyl (C=O) groups excluding carboxylic acids is 1. The zero-order valence-corrected chi connectivity index (χ0v) is 10.5. The molecule has 0 radical (unpaired) electrons. The zero-order valence-electron chi connectivity index (χ0n) is 10.5. The minimum atomic E-state index is 0.170. The van der Waals surface area contributed by atoms with Crippen LogP contribution in [0.3, 0.4) is 0 Å². The van der Waals surface area contributed by atoms with Gasteiger partial charge in [0.2, 0.25) is 0 Å². The molecule has 0 spiro atoms. The van der Waals surface area contributed by atoms with E-state index in [1.54, 1.807) is 6.20 Å². The lowest BCUT2D eigenvalue weighted by Gasteiger charge is -2.14. The van der Waals surface area contributed by atoms with E-state index in [0.29, 0.717) is 23.9 Å². The summed E-state index contributed by atoms with van der Waals surface area (Å²) >= 11 is 0. The molecule has 2 aromatic heterocycles. The Hall–Kier alpha value is -2.04. The molecule has 2 aliphatic carbocycles. The third kappa shape index (κ3) is 1.77. The van der Waals surface area contributed by atoms with Crippen molar-refractivity contribution in [3.05, 3.63) is 30.0 Å². The maximum absolute atomic E-state index is 11.8. The highest BCUT2D eigenvalue weighted by molar-refractivity contribution is 5.97. The largest absolute Gasteiger partial charge is 0.325 e. The van der Waals surface area contributed by atoms with Crippen molar-refractivity contribution in [2.75, 3.05) is 0 Å². The third-order valence-electron chi connectivity index (χ3n) is 3.82. The molecule has 2 heterocycles. The predicted molar refractivity (Wildman–Crippen MR) is 68.8 cm³/mol. The Balaban J connectivity index is 1.79. The molecule has 5 nitrogen and oxygen atoms in total. The number of carbonyl (C=O) groups is 1. The van der Waals surface area contributed by atoms with Crippen molar-refractivity contribution in [1.82, 2.24) is 19.5 Å². The number of ketones is 1. The molecule has 0 saturated heterocycles. The topological polar surface area (TPSA) is 60.7 Å². The predicted octanol–water partition coefficient (Wildman–Crippen LogP) is 2.19. The molecule has 0 atom stereocenters. The average molecular weight is 254 g/mol. The van der Waals surface area contributed by atoms with Crippen LogP contribution in [0.4, 0.5) is 0 Å². The van der Waals surface area contributed by atoms with Gasteiger partial charge in [0.1, 0.15) is 5.69 Å². The first-order valence-electron chi connectivity index (χ1n) is 6.74. The first-order chi connectivity index (χ1) is 9.33. The Labute approximate surface area is 110 Å². The second-order valence-electron chi connectivity index (χ2n) is 5.25. The molecule has 1 fully saturated rings. The molecule has 19 heavy (non-hydrogen) atoms. The van der Waals surface area contributed by atoms with Gasteiger partial charge in [-0.2, -0.15) is 0 Å². The Morgan fingerprint density at radius 2 is 2.11 bits per heavy atom. The van der Waals surface area contributed by atoms with E-state index >= 15 is 0 Å². The van der Waals surface area contributed by atoms with Crippen LogP contribution in [0.1, 0.15) is 47.8 Å². The molecule has 0 bridgehead atoms. The van der Waals surface area contributed by atoms with Crippen LogP contribution in [0.2, 0.25) is 0 Å². The molecule has 0 aliphatic heterocycles. The van der Waals surface area contributed by atoms with Crippen LogP contribution in [0.25, 0.3) is 11.5 Å². The fraction of sp³-hybridized carbons (Fsp3) is 0.429. The summed E-state index contributed by atoms with van der Waals surface area (Å²) in [6.07, 6.45) is 10.1. The number of fused-ring (bicyclic) bond motifs is 1. The van der Waals surface area contributed by atoms with Gasteiger partial charge in [-0.05, 0) is 25.7 Å². The van der Waals surface area contributed by atoms with Gasteiger partial charge in [-0.15, -0.1) is 0 Å². The lowest BCUT2D eigenvalue weighted by Crippen LogP contribution is -2.14. The van der Waals surface area contributed by atoms with E-state index in [4.69, 9.17) is 0 Å². The molecular weight excluding hydrogens is 240 g/mol. The zero-order chi connectivity index (χ0) is 12.8. The van der Waals surface area contributed by atoms with E-state index in [-0.39, 0.29) is 5.78 Å². The van der Waals surface area contributed by atoms with Crippen molar-refractivity contribution in [1.29, 1.82) is 0 Å². The minimum Gasteiger partial charge on any atom is -0.325 e. The van der Waals surface area contributed by atoms with E-state index in [1.807, 2.05) is 12.5 Å². The molecule has 4 rings (SSSR count). The number of nitrogens with zero attached hydrogens (tertiary/aromatic N) is 4. The first kappa shape index (κ1) is 10.8. The van der Waals surface area contributed by atoms with Gasteiger partial charge in [0.25, 0.3) is 0 Å². The molecule has 1 saturated carbocycles. The van der Waals surface area contributed by atoms with Crippen LogP contribution in [0, 0.1) is 0 Å². The van der Waals surface area contributed by atoms with Gasteiger partial charge < -0.3 is 4.57 Å². The van der Waals surface area contributed by atoms with Gasteiger partial charge >= 0.3 is 0 Å². The quantitative estimate of drug-likeness (QED) is 0.824. The Kier molecular flexibility index (Phi) is 2.27. The molecule has 2 aliphatic rings. The molecule has 0 N–H and O–H groups in total. The molecule has 5 heteroatoms. The number of imidazole rings is 1. The van der Waals surface area contributed by atoms with Crippen LogP contribution in [0.15, 0.2) is 18.7 Å². The molecule has 0 unspecified atom stereocenters. The van der Waals surface area contributed by atoms with E-state index in [2.05, 4.69) is 19.5 Å². The number of Topliss-reactive ketones (excluding diaryl/α,β-unsaturated/α-hetero) is 1. The fourth-order valence-corrected chi connectivity index (χ4v) is 2.64. The van der Waals surface area contributed by atoms with Crippen molar-refractivity contribution < 1.29 is 4.79 Å². The van der Waals surface area contributed by atoms with Crippen molar-refractivity contribution >= 4 is 5.78 Å². The first-order valence-corrected chi connectivity index (χ1v) is 6.74. The summed E-state index contributed by atoms with van der Waals surface area (Å²) in [5.74, 6) is 0.862. The standard InChI is InChI=1S/C14H14N4O/c19-13-3-1-2-11-10(13)6-16-14(17-11)12-7-15-8-18(12)9-4-5-9/h6-9H,1-5H2. The Bertz CT molecular complexity index is 657. The lowest BCUT2D eigenvalue weighted by molar-refractivity contribution is 0.0971. The van der Waals surface area contributed by atoms with Crippen LogP contribution < -0.4 is 0 Å². The molecule has 2 aromatic rings. The van der Waals surface area contributed by atoms with Crippen LogP contribution in [0.5, 0.6) is 0 Å². The van der Waals surface area contributed by atoms with Crippen molar-refractivity contribution in [3.63, 3.8) is 0 Å². The number of rotatable bonds is 2. The van der Waals surface area contributed by atoms with Gasteiger partial charge in [0.15, 0.2) is 11.6 Å². The number of aryl methyl sites for hydroxylation is 1. The summed E-state index contributed by atoms with van der Waals surface area (Å²) in [5, 5.41) is 0. The summed E-state index contributed by atoms with van der Waals surface area (Å²) < 4.78 is 2.15. The second-order valence-corrected chi connectivity index (χ2v) is 5.25. The Morgan fingerprint density at radius 3 is 2.95 bits per heavy atom. The van der Waals surface area contributed by atoms with Gasteiger partial charge in [-0.3, -0.25) is 4.79 Å². The maximum Gasteiger partial charge on any atom is 0.178 e. The minimum absolute atomic E-state index is 0.170. The van der Waals surface area contributed by atoms with Gasteiger partial charge in [-0.25, -0.2) is 15.0 Å². The fourth-order valence-electron chi connectivity index (χ4n) is 2.64. The summed E-state index contributed by atoms with van der Waals surface area (Å²) in [4.78, 5) is 24.9. The normalized spacial score (nSPS) is 18.4.